The molecule has 0 unspecified atom stereocenters. The molecule has 1 N–H and O–H groups in total. The van der Waals surface area contributed by atoms with Crippen molar-refractivity contribution < 1.29 is 14.4 Å². The summed E-state index contributed by atoms with van der Waals surface area (Å²) in [6, 6.07) is 4.83. The topological polar surface area (TPSA) is 76.2 Å². The third kappa shape index (κ3) is 1.82. The number of aromatic carboxylic acids is 1. The van der Waals surface area contributed by atoms with Gasteiger partial charge in [0.15, 0.2) is 5.76 Å². The molecular weight excluding hydrogens is 220 g/mol. The Balaban J connectivity index is 2.54. The van der Waals surface area contributed by atoms with E-state index >= 15 is 0 Å². The van der Waals surface area contributed by atoms with Gasteiger partial charge in [0.25, 0.3) is 0 Å². The highest BCUT2D eigenvalue weighted by atomic mass is 35.5. The third-order valence-corrected chi connectivity index (χ3v) is 1.96. The quantitative estimate of drug-likeness (QED) is 0.791. The molecule has 6 heteroatoms. The first-order valence-electron chi connectivity index (χ1n) is 3.99. The van der Waals surface area contributed by atoms with Gasteiger partial charge < -0.3 is 9.63 Å². The second-order valence-electron chi connectivity index (χ2n) is 2.72. The van der Waals surface area contributed by atoms with Crippen molar-refractivity contribution in [2.45, 2.75) is 0 Å². The van der Waals surface area contributed by atoms with Crippen molar-refractivity contribution in [2.24, 2.45) is 0 Å². The van der Waals surface area contributed by atoms with Crippen LogP contribution in [-0.2, 0) is 0 Å². The number of rotatable bonds is 2. The third-order valence-electron chi connectivity index (χ3n) is 1.75. The molecular formula is C9H5ClN2O3. The second kappa shape index (κ2) is 3.70. The summed E-state index contributed by atoms with van der Waals surface area (Å²) in [5.41, 5.74) is 0.308. The standard InChI is InChI=1S/C9H5ClN2O3/c10-7-3-1-2-6(12-7)8-5(9(13)14)4-11-15-8/h1-4H,(H,13,14). The molecule has 2 heterocycles. The van der Waals surface area contributed by atoms with Gasteiger partial charge in [-0.3, -0.25) is 0 Å². The number of carboxylic acid groups (broad SMARTS) is 1. The highest BCUT2D eigenvalue weighted by Crippen LogP contribution is 2.22. The smallest absolute Gasteiger partial charge is 0.341 e. The highest BCUT2D eigenvalue weighted by Gasteiger charge is 2.17. The summed E-state index contributed by atoms with van der Waals surface area (Å²) in [7, 11) is 0. The van der Waals surface area contributed by atoms with E-state index in [1.54, 1.807) is 18.2 Å². The van der Waals surface area contributed by atoms with E-state index in [2.05, 4.69) is 10.1 Å². The lowest BCUT2D eigenvalue weighted by Crippen LogP contribution is -1.96. The summed E-state index contributed by atoms with van der Waals surface area (Å²) >= 11 is 5.67. The first kappa shape index (κ1) is 9.67. The van der Waals surface area contributed by atoms with Gasteiger partial charge in [-0.15, -0.1) is 0 Å². The first-order valence-corrected chi connectivity index (χ1v) is 4.37. The van der Waals surface area contributed by atoms with Gasteiger partial charge in [0.2, 0.25) is 0 Å². The summed E-state index contributed by atoms with van der Waals surface area (Å²) in [5, 5.41) is 12.5. The lowest BCUT2D eigenvalue weighted by molar-refractivity contribution is 0.0697. The minimum absolute atomic E-state index is 0.0373. The maximum absolute atomic E-state index is 10.8. The largest absolute Gasteiger partial charge is 0.477 e. The molecule has 0 aliphatic carbocycles. The minimum atomic E-state index is -1.12. The average Bonchev–Trinajstić information content (AvgIpc) is 2.65. The van der Waals surface area contributed by atoms with Gasteiger partial charge in [-0.25, -0.2) is 9.78 Å². The van der Waals surface area contributed by atoms with E-state index in [0.717, 1.165) is 6.20 Å². The number of carbonyl (C=O) groups is 1. The molecule has 0 saturated heterocycles. The zero-order valence-corrected chi connectivity index (χ0v) is 8.10. The first-order chi connectivity index (χ1) is 7.18. The number of pyridine rings is 1. The Bertz CT molecular complexity index is 510. The van der Waals surface area contributed by atoms with E-state index in [1.807, 2.05) is 0 Å². The molecule has 15 heavy (non-hydrogen) atoms. The predicted octanol–water partition coefficient (Wildman–Crippen LogP) is 2.09. The maximum atomic E-state index is 10.8. The SMILES string of the molecule is O=C(O)c1cnoc1-c1cccc(Cl)n1. The van der Waals surface area contributed by atoms with Crippen LogP contribution in [-0.4, -0.2) is 21.2 Å². The van der Waals surface area contributed by atoms with E-state index in [9.17, 15) is 4.79 Å². The molecule has 0 bridgehead atoms. The molecule has 2 aromatic rings. The van der Waals surface area contributed by atoms with E-state index < -0.39 is 5.97 Å². The summed E-state index contributed by atoms with van der Waals surface area (Å²) < 4.78 is 4.82. The second-order valence-corrected chi connectivity index (χ2v) is 3.11. The molecule has 5 nitrogen and oxygen atoms in total. The number of hydrogen-bond donors (Lipinski definition) is 1. The van der Waals surface area contributed by atoms with Crippen LogP contribution in [0, 0.1) is 0 Å². The van der Waals surface area contributed by atoms with Gasteiger partial charge in [0.1, 0.15) is 16.4 Å². The summed E-state index contributed by atoms with van der Waals surface area (Å²) in [4.78, 5) is 14.7. The molecule has 0 spiro atoms. The Labute approximate surface area is 89.3 Å². The van der Waals surface area contributed by atoms with Gasteiger partial charge in [-0.05, 0) is 12.1 Å². The van der Waals surface area contributed by atoms with Crippen LogP contribution >= 0.6 is 11.6 Å². The molecule has 0 amide bonds. The number of aromatic nitrogens is 2. The van der Waals surface area contributed by atoms with Crippen molar-refractivity contribution in [3.05, 3.63) is 35.1 Å². The Kier molecular flexibility index (Phi) is 2.39. The predicted molar refractivity (Wildman–Crippen MR) is 51.7 cm³/mol. The molecule has 2 rings (SSSR count). The number of nitrogens with zero attached hydrogens (tertiary/aromatic N) is 2. The summed E-state index contributed by atoms with van der Waals surface area (Å²) in [6.07, 6.45) is 1.13. The van der Waals surface area contributed by atoms with E-state index in [4.69, 9.17) is 21.2 Å². The Morgan fingerprint density at radius 1 is 1.47 bits per heavy atom. The molecule has 0 saturated carbocycles. The molecule has 0 aromatic carbocycles. The van der Waals surface area contributed by atoms with Crippen molar-refractivity contribution in [2.75, 3.05) is 0 Å². The van der Waals surface area contributed by atoms with Crippen molar-refractivity contribution >= 4 is 17.6 Å². The molecule has 0 radical (unpaired) electrons. The van der Waals surface area contributed by atoms with Gasteiger partial charge >= 0.3 is 5.97 Å². The van der Waals surface area contributed by atoms with E-state index in [0.29, 0.717) is 5.69 Å². The molecule has 2 aromatic heterocycles. The fraction of sp³-hybridized carbons (Fsp3) is 0. The van der Waals surface area contributed by atoms with Gasteiger partial charge in [-0.1, -0.05) is 22.8 Å². The molecule has 0 aliphatic heterocycles. The Morgan fingerprint density at radius 3 is 2.93 bits per heavy atom. The van der Waals surface area contributed by atoms with Gasteiger partial charge in [0.05, 0.1) is 6.20 Å². The fourth-order valence-electron chi connectivity index (χ4n) is 1.11. The monoisotopic (exact) mass is 224 g/mol. The fourth-order valence-corrected chi connectivity index (χ4v) is 1.28. The summed E-state index contributed by atoms with van der Waals surface area (Å²) in [5.74, 6) is -1.02. The minimum Gasteiger partial charge on any atom is -0.477 e. The van der Waals surface area contributed by atoms with Crippen LogP contribution in [0.3, 0.4) is 0 Å². The number of hydrogen-bond acceptors (Lipinski definition) is 4. The van der Waals surface area contributed by atoms with Crippen LogP contribution < -0.4 is 0 Å². The number of carboxylic acids is 1. The Morgan fingerprint density at radius 2 is 2.27 bits per heavy atom. The maximum Gasteiger partial charge on any atom is 0.341 e. The van der Waals surface area contributed by atoms with Crippen LogP contribution in [0.1, 0.15) is 10.4 Å². The lowest BCUT2D eigenvalue weighted by Gasteiger charge is -1.96. The number of halogens is 1. The average molecular weight is 225 g/mol. The van der Waals surface area contributed by atoms with Gasteiger partial charge in [-0.2, -0.15) is 0 Å². The highest BCUT2D eigenvalue weighted by molar-refractivity contribution is 6.29. The molecule has 0 aliphatic rings. The Hall–Kier alpha value is -1.88. The van der Waals surface area contributed by atoms with Gasteiger partial charge in [0, 0.05) is 0 Å². The van der Waals surface area contributed by atoms with Crippen LogP contribution in [0.4, 0.5) is 0 Å². The normalized spacial score (nSPS) is 10.2. The lowest BCUT2D eigenvalue weighted by atomic mass is 10.2. The molecule has 0 atom stereocenters. The van der Waals surface area contributed by atoms with Crippen molar-refractivity contribution in [1.29, 1.82) is 0 Å². The molecule has 76 valence electrons. The summed E-state index contributed by atoms with van der Waals surface area (Å²) in [6.45, 7) is 0. The zero-order valence-electron chi connectivity index (χ0n) is 7.35. The van der Waals surface area contributed by atoms with E-state index in [1.165, 1.54) is 0 Å². The van der Waals surface area contributed by atoms with Crippen LogP contribution in [0.25, 0.3) is 11.5 Å². The van der Waals surface area contributed by atoms with Crippen molar-refractivity contribution in [3.63, 3.8) is 0 Å². The van der Waals surface area contributed by atoms with Crippen LogP contribution in [0.2, 0.25) is 5.15 Å². The van der Waals surface area contributed by atoms with E-state index in [-0.39, 0.29) is 16.5 Å². The van der Waals surface area contributed by atoms with Crippen LogP contribution in [0.15, 0.2) is 28.9 Å². The van der Waals surface area contributed by atoms with Crippen LogP contribution in [0.5, 0.6) is 0 Å². The zero-order chi connectivity index (χ0) is 10.8. The van der Waals surface area contributed by atoms with Crippen molar-refractivity contribution in [3.8, 4) is 11.5 Å². The van der Waals surface area contributed by atoms with Crippen molar-refractivity contribution in [1.82, 2.24) is 10.1 Å². The molecule has 0 fully saturated rings.